The summed E-state index contributed by atoms with van der Waals surface area (Å²) < 4.78 is 16.8. The molecular formula is C20H21FN6OS. The number of fused-ring (bicyclic) bond motifs is 1. The normalized spacial score (nSPS) is 18.4. The number of anilines is 1. The molecule has 2 unspecified atom stereocenters. The molecule has 150 valence electrons. The first-order valence-corrected chi connectivity index (χ1v) is 10.4. The summed E-state index contributed by atoms with van der Waals surface area (Å²) in [6.07, 6.45) is 6.80. The smallest absolute Gasteiger partial charge is 0.214 e. The molecule has 5 rings (SSSR count). The number of aliphatic hydroxyl groups excluding tert-OH is 1. The first-order chi connectivity index (χ1) is 14.1. The summed E-state index contributed by atoms with van der Waals surface area (Å²) >= 11 is 1.53. The zero-order valence-corrected chi connectivity index (χ0v) is 16.8. The Morgan fingerprint density at radius 3 is 2.83 bits per heavy atom. The minimum atomic E-state index is -0.591. The van der Waals surface area contributed by atoms with E-state index in [-0.39, 0.29) is 11.7 Å². The van der Waals surface area contributed by atoms with E-state index in [1.54, 1.807) is 22.8 Å². The number of hydrogen-bond acceptors (Lipinski definition) is 6. The van der Waals surface area contributed by atoms with Gasteiger partial charge in [-0.05, 0) is 37.1 Å². The number of halogens is 1. The van der Waals surface area contributed by atoms with Crippen LogP contribution in [0, 0.1) is 11.7 Å². The van der Waals surface area contributed by atoms with Crippen LogP contribution in [0.3, 0.4) is 0 Å². The summed E-state index contributed by atoms with van der Waals surface area (Å²) in [7, 11) is 1.90. The van der Waals surface area contributed by atoms with Gasteiger partial charge < -0.3 is 14.6 Å². The Labute approximate surface area is 171 Å². The average Bonchev–Trinajstić information content (AvgIpc) is 3.43. The van der Waals surface area contributed by atoms with Gasteiger partial charge in [0.2, 0.25) is 10.1 Å². The van der Waals surface area contributed by atoms with Crippen LogP contribution in [0.1, 0.15) is 24.8 Å². The number of hydrogen-bond donors (Lipinski definition) is 1. The largest absolute Gasteiger partial charge is 0.385 e. The molecule has 0 radical (unpaired) electrons. The van der Waals surface area contributed by atoms with Crippen molar-refractivity contribution in [1.29, 1.82) is 0 Å². The van der Waals surface area contributed by atoms with Crippen LogP contribution in [-0.4, -0.2) is 42.3 Å². The fourth-order valence-corrected chi connectivity index (χ4v) is 4.81. The predicted molar refractivity (Wildman–Crippen MR) is 109 cm³/mol. The van der Waals surface area contributed by atoms with Crippen molar-refractivity contribution in [2.75, 3.05) is 18.0 Å². The van der Waals surface area contributed by atoms with Crippen molar-refractivity contribution < 1.29 is 9.50 Å². The van der Waals surface area contributed by atoms with E-state index >= 15 is 0 Å². The van der Waals surface area contributed by atoms with Crippen molar-refractivity contribution >= 4 is 21.4 Å². The highest BCUT2D eigenvalue weighted by Crippen LogP contribution is 2.33. The van der Waals surface area contributed by atoms with Crippen LogP contribution in [0.15, 0.2) is 42.9 Å². The number of aliphatic hydroxyl groups is 1. The van der Waals surface area contributed by atoms with Gasteiger partial charge in [0.05, 0.1) is 11.9 Å². The van der Waals surface area contributed by atoms with Crippen molar-refractivity contribution in [1.82, 2.24) is 24.1 Å². The summed E-state index contributed by atoms with van der Waals surface area (Å²) in [6.45, 7) is 1.64. The van der Waals surface area contributed by atoms with Crippen molar-refractivity contribution in [3.05, 3.63) is 54.5 Å². The van der Waals surface area contributed by atoms with E-state index in [2.05, 4.69) is 14.9 Å². The molecule has 3 aromatic heterocycles. The topological polar surface area (TPSA) is 71.5 Å². The number of rotatable bonds is 4. The Bertz CT molecular complexity index is 1100. The molecule has 1 aromatic carbocycles. The fraction of sp³-hybridized carbons (Fsp3) is 0.350. The zero-order valence-electron chi connectivity index (χ0n) is 15.9. The standard InChI is InChI=1S/C20H21FN6OS/c1-25-10-8-22-18(25)17(28)14-3-2-9-26(11-14)20-24-27-12-16(23-19(27)29-20)13-4-6-15(21)7-5-13/h4-8,10,12,14,17,28H,2-3,9,11H2,1H3. The number of nitrogens with zero attached hydrogens (tertiary/aromatic N) is 6. The number of piperidine rings is 1. The number of aromatic nitrogens is 5. The quantitative estimate of drug-likeness (QED) is 0.557. The molecule has 0 saturated carbocycles. The van der Waals surface area contributed by atoms with Gasteiger partial charge in [-0.25, -0.2) is 18.9 Å². The van der Waals surface area contributed by atoms with Crippen LogP contribution in [0.25, 0.3) is 16.2 Å². The Balaban J connectivity index is 1.35. The van der Waals surface area contributed by atoms with E-state index in [4.69, 9.17) is 5.10 Å². The second kappa shape index (κ2) is 7.23. The lowest BCUT2D eigenvalue weighted by molar-refractivity contribution is 0.0874. The molecule has 9 heteroatoms. The highest BCUT2D eigenvalue weighted by Gasteiger charge is 2.30. The minimum absolute atomic E-state index is 0.107. The molecule has 1 fully saturated rings. The van der Waals surface area contributed by atoms with E-state index < -0.39 is 6.10 Å². The molecule has 1 N–H and O–H groups in total. The van der Waals surface area contributed by atoms with Gasteiger partial charge in [-0.15, -0.1) is 5.10 Å². The summed E-state index contributed by atoms with van der Waals surface area (Å²) in [5, 5.41) is 16.4. The van der Waals surface area contributed by atoms with Gasteiger partial charge in [0.1, 0.15) is 17.7 Å². The van der Waals surface area contributed by atoms with Crippen molar-refractivity contribution in [2.24, 2.45) is 13.0 Å². The Morgan fingerprint density at radius 2 is 2.10 bits per heavy atom. The number of benzene rings is 1. The molecule has 29 heavy (non-hydrogen) atoms. The Kier molecular flexibility index (Phi) is 4.56. The number of imidazole rings is 2. The second-order valence-corrected chi connectivity index (χ2v) is 8.37. The maximum atomic E-state index is 13.1. The molecule has 2 atom stereocenters. The van der Waals surface area contributed by atoms with Crippen LogP contribution >= 0.6 is 11.3 Å². The molecule has 0 bridgehead atoms. The third kappa shape index (κ3) is 3.40. The van der Waals surface area contributed by atoms with E-state index in [1.165, 1.54) is 23.5 Å². The van der Waals surface area contributed by atoms with Crippen molar-refractivity contribution in [3.63, 3.8) is 0 Å². The average molecular weight is 412 g/mol. The van der Waals surface area contributed by atoms with Gasteiger partial charge in [-0.2, -0.15) is 0 Å². The predicted octanol–water partition coefficient (Wildman–Crippen LogP) is 3.28. The van der Waals surface area contributed by atoms with Crippen LogP contribution in [0.2, 0.25) is 0 Å². The maximum absolute atomic E-state index is 13.1. The Morgan fingerprint density at radius 1 is 1.28 bits per heavy atom. The lowest BCUT2D eigenvalue weighted by Crippen LogP contribution is -2.38. The van der Waals surface area contributed by atoms with Gasteiger partial charge in [-0.3, -0.25) is 0 Å². The molecule has 0 amide bonds. The third-order valence-electron chi connectivity index (χ3n) is 5.47. The van der Waals surface area contributed by atoms with Crippen LogP contribution in [0.4, 0.5) is 9.52 Å². The minimum Gasteiger partial charge on any atom is -0.385 e. The lowest BCUT2D eigenvalue weighted by Gasteiger charge is -2.34. The zero-order chi connectivity index (χ0) is 20.0. The fourth-order valence-electron chi connectivity index (χ4n) is 3.89. The SMILES string of the molecule is Cn1ccnc1C(O)C1CCCN(c2nn3cc(-c4ccc(F)cc4)nc3s2)C1. The first kappa shape index (κ1) is 18.3. The summed E-state index contributed by atoms with van der Waals surface area (Å²) in [4.78, 5) is 12.0. The first-order valence-electron chi connectivity index (χ1n) is 9.61. The highest BCUT2D eigenvalue weighted by molar-refractivity contribution is 7.20. The van der Waals surface area contributed by atoms with Crippen molar-refractivity contribution in [3.8, 4) is 11.3 Å². The molecule has 4 heterocycles. The number of aryl methyl sites for hydroxylation is 1. The lowest BCUT2D eigenvalue weighted by atomic mass is 9.92. The molecule has 1 aliphatic heterocycles. The van der Waals surface area contributed by atoms with Crippen LogP contribution < -0.4 is 4.90 Å². The second-order valence-electron chi connectivity index (χ2n) is 7.43. The Hall–Kier alpha value is -2.78. The van der Waals surface area contributed by atoms with Gasteiger partial charge >= 0.3 is 0 Å². The molecule has 1 aliphatic rings. The third-order valence-corrected chi connectivity index (χ3v) is 6.45. The molecule has 0 spiro atoms. The summed E-state index contributed by atoms with van der Waals surface area (Å²) in [5.74, 6) is 0.549. The molecule has 7 nitrogen and oxygen atoms in total. The molecule has 0 aliphatic carbocycles. The van der Waals surface area contributed by atoms with Gasteiger partial charge in [0, 0.05) is 44.0 Å². The van der Waals surface area contributed by atoms with Gasteiger partial charge in [0.25, 0.3) is 0 Å². The van der Waals surface area contributed by atoms with Gasteiger partial charge in [0.15, 0.2) is 0 Å². The van der Waals surface area contributed by atoms with E-state index in [1.807, 2.05) is 24.0 Å². The van der Waals surface area contributed by atoms with Crippen LogP contribution in [0.5, 0.6) is 0 Å². The monoisotopic (exact) mass is 412 g/mol. The highest BCUT2D eigenvalue weighted by atomic mass is 32.1. The molecule has 4 aromatic rings. The van der Waals surface area contributed by atoms with Gasteiger partial charge in [-0.1, -0.05) is 11.3 Å². The van der Waals surface area contributed by atoms with E-state index in [0.29, 0.717) is 5.82 Å². The van der Waals surface area contributed by atoms with Crippen molar-refractivity contribution in [2.45, 2.75) is 18.9 Å². The van der Waals surface area contributed by atoms with E-state index in [9.17, 15) is 9.50 Å². The molecular weight excluding hydrogens is 391 g/mol. The van der Waals surface area contributed by atoms with Crippen LogP contribution in [-0.2, 0) is 7.05 Å². The molecule has 1 saturated heterocycles. The van der Waals surface area contributed by atoms with E-state index in [0.717, 1.165) is 47.3 Å². The maximum Gasteiger partial charge on any atom is 0.214 e. The summed E-state index contributed by atoms with van der Waals surface area (Å²) in [6, 6.07) is 6.30. The summed E-state index contributed by atoms with van der Waals surface area (Å²) in [5.41, 5.74) is 1.64.